The molecule has 0 spiro atoms. The summed E-state index contributed by atoms with van der Waals surface area (Å²) in [4.78, 5) is 12.0. The van der Waals surface area contributed by atoms with Crippen LogP contribution in [0.2, 0.25) is 5.02 Å². The molecule has 0 radical (unpaired) electrons. The fourth-order valence-corrected chi connectivity index (χ4v) is 2.31. The molecule has 110 valence electrons. The monoisotopic (exact) mass is 302 g/mol. The van der Waals surface area contributed by atoms with Gasteiger partial charge in [0.15, 0.2) is 0 Å². The summed E-state index contributed by atoms with van der Waals surface area (Å²) in [5.41, 5.74) is 8.48. The summed E-state index contributed by atoms with van der Waals surface area (Å²) in [6, 6.07) is 15.1. The van der Waals surface area contributed by atoms with E-state index < -0.39 is 0 Å². The van der Waals surface area contributed by atoms with Crippen LogP contribution >= 0.6 is 11.6 Å². The number of nitrogen functional groups attached to an aromatic ring is 1. The molecular weight excluding hydrogens is 284 g/mol. The number of amides is 1. The van der Waals surface area contributed by atoms with Crippen molar-refractivity contribution in [1.82, 2.24) is 5.32 Å². The fourth-order valence-electron chi connectivity index (χ4n) is 2.12. The molecule has 1 atom stereocenters. The first-order chi connectivity index (χ1) is 10.0. The van der Waals surface area contributed by atoms with E-state index in [1.165, 1.54) is 0 Å². The number of nitrogens with two attached hydrogens (primary N) is 1. The average Bonchev–Trinajstić information content (AvgIpc) is 2.46. The van der Waals surface area contributed by atoms with Crippen molar-refractivity contribution in [3.8, 4) is 0 Å². The molecule has 0 heterocycles. The van der Waals surface area contributed by atoms with Gasteiger partial charge in [0.25, 0.3) is 0 Å². The number of carbonyl (C=O) groups is 1. The Bertz CT molecular complexity index is 610. The summed E-state index contributed by atoms with van der Waals surface area (Å²) in [6.45, 7) is 1.95. The number of hydrogen-bond acceptors (Lipinski definition) is 2. The highest BCUT2D eigenvalue weighted by Gasteiger charge is 2.09. The predicted octanol–water partition coefficient (Wildman–Crippen LogP) is 3.73. The molecular formula is C17H19ClN2O. The lowest BCUT2D eigenvalue weighted by Gasteiger charge is -2.14. The Labute approximate surface area is 130 Å². The van der Waals surface area contributed by atoms with Crippen LogP contribution in [0.5, 0.6) is 0 Å². The fraction of sp³-hybridized carbons (Fsp3) is 0.235. The normalized spacial score (nSPS) is 11.9. The number of anilines is 1. The van der Waals surface area contributed by atoms with Gasteiger partial charge >= 0.3 is 0 Å². The lowest BCUT2D eigenvalue weighted by molar-refractivity contribution is -0.121. The Hall–Kier alpha value is -2.00. The van der Waals surface area contributed by atoms with Crippen LogP contribution in [0.3, 0.4) is 0 Å². The molecule has 21 heavy (non-hydrogen) atoms. The van der Waals surface area contributed by atoms with Crippen molar-refractivity contribution in [2.24, 2.45) is 0 Å². The van der Waals surface area contributed by atoms with Crippen LogP contribution < -0.4 is 11.1 Å². The Balaban J connectivity index is 1.85. The Kier molecular flexibility index (Phi) is 5.23. The van der Waals surface area contributed by atoms with Gasteiger partial charge in [0.05, 0.1) is 6.04 Å². The SMILES string of the molecule is C[C@H](NC(=O)CCc1ccc(N)cc1)c1cccc(Cl)c1. The minimum atomic E-state index is -0.0531. The Morgan fingerprint density at radius 3 is 2.62 bits per heavy atom. The number of halogens is 1. The van der Waals surface area contributed by atoms with Crippen molar-refractivity contribution in [2.75, 3.05) is 5.73 Å². The zero-order valence-corrected chi connectivity index (χ0v) is 12.7. The Morgan fingerprint density at radius 1 is 1.24 bits per heavy atom. The van der Waals surface area contributed by atoms with E-state index in [1.807, 2.05) is 55.5 Å². The van der Waals surface area contributed by atoms with Crippen molar-refractivity contribution in [3.63, 3.8) is 0 Å². The van der Waals surface area contributed by atoms with Crippen molar-refractivity contribution in [1.29, 1.82) is 0 Å². The second-order valence-electron chi connectivity index (χ2n) is 5.09. The third kappa shape index (κ3) is 4.80. The number of rotatable bonds is 5. The predicted molar refractivity (Wildman–Crippen MR) is 87.2 cm³/mol. The molecule has 3 nitrogen and oxygen atoms in total. The first-order valence-corrected chi connectivity index (χ1v) is 7.31. The molecule has 0 aliphatic heterocycles. The summed E-state index contributed by atoms with van der Waals surface area (Å²) >= 11 is 5.96. The highest BCUT2D eigenvalue weighted by Crippen LogP contribution is 2.17. The van der Waals surface area contributed by atoms with Crippen molar-refractivity contribution in [3.05, 3.63) is 64.7 Å². The van der Waals surface area contributed by atoms with Crippen LogP contribution in [0.4, 0.5) is 5.69 Å². The van der Waals surface area contributed by atoms with E-state index in [-0.39, 0.29) is 11.9 Å². The molecule has 2 aromatic rings. The molecule has 1 amide bonds. The second-order valence-corrected chi connectivity index (χ2v) is 5.52. The highest BCUT2D eigenvalue weighted by atomic mass is 35.5. The van der Waals surface area contributed by atoms with E-state index >= 15 is 0 Å². The van der Waals surface area contributed by atoms with Crippen molar-refractivity contribution >= 4 is 23.2 Å². The summed E-state index contributed by atoms with van der Waals surface area (Å²) in [6.07, 6.45) is 1.16. The number of benzene rings is 2. The molecule has 4 heteroatoms. The summed E-state index contributed by atoms with van der Waals surface area (Å²) in [5, 5.41) is 3.66. The van der Waals surface area contributed by atoms with Gasteiger partial charge in [-0.3, -0.25) is 4.79 Å². The molecule has 0 bridgehead atoms. The van der Waals surface area contributed by atoms with Crippen LogP contribution in [0.25, 0.3) is 0 Å². The molecule has 2 rings (SSSR count). The van der Waals surface area contributed by atoms with Gasteiger partial charge in [0.2, 0.25) is 5.91 Å². The van der Waals surface area contributed by atoms with E-state index in [0.29, 0.717) is 17.9 Å². The van der Waals surface area contributed by atoms with Gasteiger partial charge in [-0.15, -0.1) is 0 Å². The number of carbonyl (C=O) groups excluding carboxylic acids is 1. The first-order valence-electron chi connectivity index (χ1n) is 6.94. The molecule has 0 aromatic heterocycles. The average molecular weight is 303 g/mol. The molecule has 0 aliphatic rings. The van der Waals surface area contributed by atoms with Gasteiger partial charge < -0.3 is 11.1 Å². The van der Waals surface area contributed by atoms with Gasteiger partial charge in [-0.1, -0.05) is 35.9 Å². The van der Waals surface area contributed by atoms with Crippen LogP contribution in [0.15, 0.2) is 48.5 Å². The maximum absolute atomic E-state index is 12.0. The van der Waals surface area contributed by atoms with Gasteiger partial charge in [-0.05, 0) is 48.7 Å². The van der Waals surface area contributed by atoms with Gasteiger partial charge in [0, 0.05) is 17.1 Å². The maximum Gasteiger partial charge on any atom is 0.220 e. The molecule has 0 aliphatic carbocycles. The molecule has 0 saturated heterocycles. The maximum atomic E-state index is 12.0. The molecule has 0 unspecified atom stereocenters. The van der Waals surface area contributed by atoms with E-state index in [1.54, 1.807) is 0 Å². The van der Waals surface area contributed by atoms with E-state index in [0.717, 1.165) is 16.8 Å². The number of nitrogens with one attached hydrogen (secondary N) is 1. The molecule has 0 saturated carbocycles. The molecule has 0 fully saturated rings. The third-order valence-corrected chi connectivity index (χ3v) is 3.58. The van der Waals surface area contributed by atoms with Crippen molar-refractivity contribution in [2.45, 2.75) is 25.8 Å². The van der Waals surface area contributed by atoms with Crippen LogP contribution in [0.1, 0.15) is 30.5 Å². The lowest BCUT2D eigenvalue weighted by Crippen LogP contribution is -2.26. The third-order valence-electron chi connectivity index (χ3n) is 3.35. The lowest BCUT2D eigenvalue weighted by atomic mass is 10.1. The summed E-state index contributed by atoms with van der Waals surface area (Å²) in [7, 11) is 0. The first kappa shape index (κ1) is 15.4. The molecule has 3 N–H and O–H groups in total. The quantitative estimate of drug-likeness (QED) is 0.827. The minimum absolute atomic E-state index is 0.0271. The zero-order chi connectivity index (χ0) is 15.2. The van der Waals surface area contributed by atoms with Crippen molar-refractivity contribution < 1.29 is 4.79 Å². The number of hydrogen-bond donors (Lipinski definition) is 2. The summed E-state index contributed by atoms with van der Waals surface area (Å²) < 4.78 is 0. The van der Waals surface area contributed by atoms with Gasteiger partial charge in [-0.2, -0.15) is 0 Å². The smallest absolute Gasteiger partial charge is 0.220 e. The van der Waals surface area contributed by atoms with E-state index in [4.69, 9.17) is 17.3 Å². The van der Waals surface area contributed by atoms with E-state index in [2.05, 4.69) is 5.32 Å². The van der Waals surface area contributed by atoms with Crippen LogP contribution in [0, 0.1) is 0 Å². The van der Waals surface area contributed by atoms with Crippen LogP contribution in [-0.2, 0) is 11.2 Å². The molecule has 2 aromatic carbocycles. The second kappa shape index (κ2) is 7.14. The Morgan fingerprint density at radius 2 is 1.95 bits per heavy atom. The minimum Gasteiger partial charge on any atom is -0.399 e. The highest BCUT2D eigenvalue weighted by molar-refractivity contribution is 6.30. The standard InChI is InChI=1S/C17H19ClN2O/c1-12(14-3-2-4-15(18)11-14)20-17(21)10-7-13-5-8-16(19)9-6-13/h2-6,8-9,11-12H,7,10,19H2,1H3,(H,20,21)/t12-/m0/s1. The largest absolute Gasteiger partial charge is 0.399 e. The van der Waals surface area contributed by atoms with E-state index in [9.17, 15) is 4.79 Å². The van der Waals surface area contributed by atoms with Gasteiger partial charge in [-0.25, -0.2) is 0 Å². The van der Waals surface area contributed by atoms with Gasteiger partial charge in [0.1, 0.15) is 0 Å². The summed E-state index contributed by atoms with van der Waals surface area (Å²) in [5.74, 6) is 0.0271. The zero-order valence-electron chi connectivity index (χ0n) is 12.0. The topological polar surface area (TPSA) is 55.1 Å². The van der Waals surface area contributed by atoms with Crippen LogP contribution in [-0.4, -0.2) is 5.91 Å². The number of aryl methyl sites for hydroxylation is 1.